The summed E-state index contributed by atoms with van der Waals surface area (Å²) in [7, 11) is 4.09. The first-order valence-electron chi connectivity index (χ1n) is 7.06. The van der Waals surface area contributed by atoms with Crippen LogP contribution >= 0.6 is 11.6 Å². The highest BCUT2D eigenvalue weighted by Crippen LogP contribution is 2.23. The van der Waals surface area contributed by atoms with Crippen LogP contribution in [0.5, 0.6) is 0 Å². The molecule has 0 bridgehead atoms. The standard InChI is InChI=1S/C16H20ClN3O/c1-20(2)10-6-5-9-18-16(21)14-11-19-15(17)13-8-4-3-7-12(13)14/h3-4,7-8,11H,5-6,9-10H2,1-2H3,(H,18,21). The van der Waals surface area contributed by atoms with Gasteiger partial charge in [0, 0.05) is 18.1 Å². The van der Waals surface area contributed by atoms with Crippen molar-refractivity contribution < 1.29 is 4.79 Å². The number of rotatable bonds is 6. The molecule has 0 aliphatic carbocycles. The van der Waals surface area contributed by atoms with E-state index in [9.17, 15) is 4.79 Å². The molecule has 0 fully saturated rings. The van der Waals surface area contributed by atoms with Crippen molar-refractivity contribution in [3.63, 3.8) is 0 Å². The lowest BCUT2D eigenvalue weighted by Gasteiger charge is -2.10. The van der Waals surface area contributed by atoms with Crippen LogP contribution in [0.15, 0.2) is 30.5 Å². The molecule has 0 saturated heterocycles. The Kier molecular flexibility index (Phi) is 5.53. The van der Waals surface area contributed by atoms with Crippen molar-refractivity contribution >= 4 is 28.3 Å². The minimum absolute atomic E-state index is 0.0970. The van der Waals surface area contributed by atoms with Crippen LogP contribution in [0.4, 0.5) is 0 Å². The van der Waals surface area contributed by atoms with E-state index in [1.54, 1.807) is 6.20 Å². The molecule has 0 spiro atoms. The van der Waals surface area contributed by atoms with E-state index < -0.39 is 0 Å². The maximum absolute atomic E-state index is 12.3. The van der Waals surface area contributed by atoms with Gasteiger partial charge in [-0.25, -0.2) is 4.98 Å². The summed E-state index contributed by atoms with van der Waals surface area (Å²) in [5.41, 5.74) is 0.572. The number of hydrogen-bond acceptors (Lipinski definition) is 3. The predicted molar refractivity (Wildman–Crippen MR) is 86.9 cm³/mol. The second kappa shape index (κ2) is 7.38. The third-order valence-corrected chi connectivity index (χ3v) is 3.61. The second-order valence-corrected chi connectivity index (χ2v) is 5.63. The number of fused-ring (bicyclic) bond motifs is 1. The number of carbonyl (C=O) groups is 1. The summed E-state index contributed by atoms with van der Waals surface area (Å²) in [5.74, 6) is -0.0970. The summed E-state index contributed by atoms with van der Waals surface area (Å²) in [5, 5.41) is 5.01. The molecular weight excluding hydrogens is 286 g/mol. The number of aromatic nitrogens is 1. The molecule has 1 aromatic heterocycles. The third-order valence-electron chi connectivity index (χ3n) is 3.31. The summed E-state index contributed by atoms with van der Waals surface area (Å²) in [4.78, 5) is 18.5. The average molecular weight is 306 g/mol. The Balaban J connectivity index is 2.02. The Morgan fingerprint density at radius 2 is 1.95 bits per heavy atom. The van der Waals surface area contributed by atoms with E-state index in [2.05, 4.69) is 15.2 Å². The molecule has 5 heteroatoms. The number of amides is 1. The van der Waals surface area contributed by atoms with Crippen molar-refractivity contribution in [2.75, 3.05) is 27.2 Å². The zero-order chi connectivity index (χ0) is 15.2. The Morgan fingerprint density at radius 1 is 1.24 bits per heavy atom. The quantitative estimate of drug-likeness (QED) is 0.659. The summed E-state index contributed by atoms with van der Waals surface area (Å²) >= 11 is 6.06. The van der Waals surface area contributed by atoms with E-state index in [-0.39, 0.29) is 5.91 Å². The Morgan fingerprint density at radius 3 is 2.67 bits per heavy atom. The molecule has 0 aliphatic rings. The van der Waals surface area contributed by atoms with E-state index in [4.69, 9.17) is 11.6 Å². The van der Waals surface area contributed by atoms with Crippen LogP contribution in [0.3, 0.4) is 0 Å². The molecule has 1 heterocycles. The summed E-state index contributed by atoms with van der Waals surface area (Å²) in [6, 6.07) is 7.55. The number of nitrogens with zero attached hydrogens (tertiary/aromatic N) is 2. The van der Waals surface area contributed by atoms with Crippen LogP contribution in [-0.4, -0.2) is 43.0 Å². The van der Waals surface area contributed by atoms with E-state index in [0.717, 1.165) is 30.2 Å². The number of carbonyl (C=O) groups excluding carboxylic acids is 1. The highest BCUT2D eigenvalue weighted by Gasteiger charge is 2.12. The van der Waals surface area contributed by atoms with Crippen LogP contribution in [-0.2, 0) is 0 Å². The minimum atomic E-state index is -0.0970. The largest absolute Gasteiger partial charge is 0.352 e. The first-order chi connectivity index (χ1) is 10.1. The van der Waals surface area contributed by atoms with Gasteiger partial charge >= 0.3 is 0 Å². The Hall–Kier alpha value is -1.65. The van der Waals surface area contributed by atoms with Gasteiger partial charge < -0.3 is 10.2 Å². The molecule has 112 valence electrons. The maximum Gasteiger partial charge on any atom is 0.253 e. The van der Waals surface area contributed by atoms with Gasteiger partial charge in [0.2, 0.25) is 0 Å². The van der Waals surface area contributed by atoms with Crippen LogP contribution in [0, 0.1) is 0 Å². The van der Waals surface area contributed by atoms with E-state index in [0.29, 0.717) is 17.3 Å². The number of nitrogens with one attached hydrogen (secondary N) is 1. The van der Waals surface area contributed by atoms with Crippen molar-refractivity contribution in [3.05, 3.63) is 41.2 Å². The molecule has 4 nitrogen and oxygen atoms in total. The number of hydrogen-bond donors (Lipinski definition) is 1. The van der Waals surface area contributed by atoms with Crippen LogP contribution < -0.4 is 5.32 Å². The maximum atomic E-state index is 12.3. The van der Waals surface area contributed by atoms with Gasteiger partial charge in [0.15, 0.2) is 0 Å². The number of benzene rings is 1. The molecule has 1 amide bonds. The zero-order valence-corrected chi connectivity index (χ0v) is 13.2. The van der Waals surface area contributed by atoms with E-state index >= 15 is 0 Å². The summed E-state index contributed by atoms with van der Waals surface area (Å²) in [6.07, 6.45) is 3.57. The minimum Gasteiger partial charge on any atom is -0.352 e. The van der Waals surface area contributed by atoms with E-state index in [1.807, 2.05) is 38.4 Å². The molecule has 1 N–H and O–H groups in total. The first kappa shape index (κ1) is 15.7. The van der Waals surface area contributed by atoms with Crippen molar-refractivity contribution in [1.82, 2.24) is 15.2 Å². The van der Waals surface area contributed by atoms with Gasteiger partial charge in [-0.05, 0) is 38.9 Å². The first-order valence-corrected chi connectivity index (χ1v) is 7.43. The third kappa shape index (κ3) is 4.16. The van der Waals surface area contributed by atoms with Gasteiger partial charge in [-0.15, -0.1) is 0 Å². The van der Waals surface area contributed by atoms with Gasteiger partial charge in [0.05, 0.1) is 5.56 Å². The topological polar surface area (TPSA) is 45.2 Å². The van der Waals surface area contributed by atoms with Gasteiger partial charge in [-0.3, -0.25) is 4.79 Å². The van der Waals surface area contributed by atoms with E-state index in [1.165, 1.54) is 0 Å². The molecule has 2 aromatic rings. The van der Waals surface area contributed by atoms with Crippen LogP contribution in [0.1, 0.15) is 23.2 Å². The molecule has 0 saturated carbocycles. The van der Waals surface area contributed by atoms with Crippen LogP contribution in [0.2, 0.25) is 5.15 Å². The summed E-state index contributed by atoms with van der Waals surface area (Å²) < 4.78 is 0. The molecular formula is C16H20ClN3O. The summed E-state index contributed by atoms with van der Waals surface area (Å²) in [6.45, 7) is 1.70. The van der Waals surface area contributed by atoms with Gasteiger partial charge in [0.1, 0.15) is 5.15 Å². The monoisotopic (exact) mass is 305 g/mol. The lowest BCUT2D eigenvalue weighted by atomic mass is 10.1. The number of pyridine rings is 1. The number of unbranched alkanes of at least 4 members (excludes halogenated alkanes) is 1. The smallest absolute Gasteiger partial charge is 0.253 e. The normalized spacial score (nSPS) is 11.0. The van der Waals surface area contributed by atoms with Crippen molar-refractivity contribution in [1.29, 1.82) is 0 Å². The fourth-order valence-electron chi connectivity index (χ4n) is 2.19. The van der Waals surface area contributed by atoms with Crippen molar-refractivity contribution in [2.45, 2.75) is 12.8 Å². The van der Waals surface area contributed by atoms with Crippen molar-refractivity contribution in [3.8, 4) is 0 Å². The molecule has 0 unspecified atom stereocenters. The molecule has 0 radical (unpaired) electrons. The zero-order valence-electron chi connectivity index (χ0n) is 12.4. The fourth-order valence-corrected chi connectivity index (χ4v) is 2.40. The second-order valence-electron chi connectivity index (χ2n) is 5.27. The average Bonchev–Trinajstić information content (AvgIpc) is 2.47. The lowest BCUT2D eigenvalue weighted by Crippen LogP contribution is -2.25. The van der Waals surface area contributed by atoms with Gasteiger partial charge in [-0.1, -0.05) is 35.9 Å². The fraction of sp³-hybridized carbons (Fsp3) is 0.375. The molecule has 0 aliphatic heterocycles. The molecule has 0 atom stereocenters. The lowest BCUT2D eigenvalue weighted by molar-refractivity contribution is 0.0954. The van der Waals surface area contributed by atoms with Gasteiger partial charge in [-0.2, -0.15) is 0 Å². The van der Waals surface area contributed by atoms with Crippen LogP contribution in [0.25, 0.3) is 10.8 Å². The van der Waals surface area contributed by atoms with Crippen molar-refractivity contribution in [2.24, 2.45) is 0 Å². The SMILES string of the molecule is CN(C)CCCCNC(=O)c1cnc(Cl)c2ccccc12. The highest BCUT2D eigenvalue weighted by molar-refractivity contribution is 6.34. The number of halogens is 1. The molecule has 2 rings (SSSR count). The highest BCUT2D eigenvalue weighted by atomic mass is 35.5. The molecule has 21 heavy (non-hydrogen) atoms. The Bertz CT molecular complexity index is 628. The predicted octanol–water partition coefficient (Wildman–Crippen LogP) is 2.96. The Labute approximate surface area is 130 Å². The van der Waals surface area contributed by atoms with Gasteiger partial charge in [0.25, 0.3) is 5.91 Å². The molecule has 1 aromatic carbocycles.